The Morgan fingerprint density at radius 1 is 1.00 bits per heavy atom. The summed E-state index contributed by atoms with van der Waals surface area (Å²) in [4.78, 5) is 2.29. The molecule has 106 valence electrons. The third kappa shape index (κ3) is 3.13. The Morgan fingerprint density at radius 3 is 2.35 bits per heavy atom. The van der Waals surface area contributed by atoms with Crippen LogP contribution in [0.5, 0.6) is 5.75 Å². The molecular weight excluding hydrogens is 246 g/mol. The Hall–Kier alpha value is -1.96. The van der Waals surface area contributed by atoms with Gasteiger partial charge in [-0.3, -0.25) is 0 Å². The molecule has 1 atom stereocenters. The average molecular weight is 269 g/mol. The van der Waals surface area contributed by atoms with Crippen molar-refractivity contribution in [3.05, 3.63) is 59.7 Å². The zero-order valence-electron chi connectivity index (χ0n) is 12.8. The lowest BCUT2D eigenvalue weighted by Crippen LogP contribution is -2.37. The standard InChI is InChI=1S/C18H23NO/c1-5-19(18-13-9-10-14(2)15(18)3)16(4)20-17-11-7-6-8-12-17/h6-13,16H,5H2,1-4H3. The first-order valence-corrected chi connectivity index (χ1v) is 7.18. The van der Waals surface area contributed by atoms with Crippen LogP contribution >= 0.6 is 0 Å². The van der Waals surface area contributed by atoms with E-state index in [1.54, 1.807) is 0 Å². The molecule has 0 aromatic heterocycles. The molecular formula is C18H23NO. The molecule has 0 saturated carbocycles. The van der Waals surface area contributed by atoms with Gasteiger partial charge in [-0.2, -0.15) is 0 Å². The maximum atomic E-state index is 6.04. The smallest absolute Gasteiger partial charge is 0.169 e. The van der Waals surface area contributed by atoms with Gasteiger partial charge >= 0.3 is 0 Å². The van der Waals surface area contributed by atoms with E-state index in [4.69, 9.17) is 4.74 Å². The lowest BCUT2D eigenvalue weighted by molar-refractivity contribution is 0.216. The SMILES string of the molecule is CCN(c1cccc(C)c1C)C(C)Oc1ccccc1. The van der Waals surface area contributed by atoms with E-state index in [1.807, 2.05) is 30.3 Å². The molecule has 2 nitrogen and oxygen atoms in total. The second-order valence-corrected chi connectivity index (χ2v) is 5.04. The molecule has 0 aliphatic heterocycles. The van der Waals surface area contributed by atoms with Crippen LogP contribution in [0.3, 0.4) is 0 Å². The number of rotatable bonds is 5. The molecule has 2 rings (SSSR count). The van der Waals surface area contributed by atoms with Gasteiger partial charge in [-0.15, -0.1) is 0 Å². The monoisotopic (exact) mass is 269 g/mol. The summed E-state index contributed by atoms with van der Waals surface area (Å²) in [7, 11) is 0. The zero-order valence-corrected chi connectivity index (χ0v) is 12.8. The van der Waals surface area contributed by atoms with Gasteiger partial charge in [-0.25, -0.2) is 0 Å². The van der Waals surface area contributed by atoms with Crippen LogP contribution < -0.4 is 9.64 Å². The summed E-state index contributed by atoms with van der Waals surface area (Å²) in [5, 5.41) is 0. The molecule has 0 N–H and O–H groups in total. The summed E-state index contributed by atoms with van der Waals surface area (Å²) in [6.45, 7) is 9.49. The van der Waals surface area contributed by atoms with Crippen molar-refractivity contribution in [1.29, 1.82) is 0 Å². The summed E-state index contributed by atoms with van der Waals surface area (Å²) in [5.41, 5.74) is 3.88. The maximum absolute atomic E-state index is 6.04. The van der Waals surface area contributed by atoms with Crippen molar-refractivity contribution in [2.45, 2.75) is 33.9 Å². The van der Waals surface area contributed by atoms with E-state index < -0.39 is 0 Å². The van der Waals surface area contributed by atoms with Gasteiger partial charge in [0.25, 0.3) is 0 Å². The molecule has 2 heteroatoms. The number of aryl methyl sites for hydroxylation is 1. The lowest BCUT2D eigenvalue weighted by atomic mass is 10.1. The average Bonchev–Trinajstić information content (AvgIpc) is 2.45. The Labute approximate surface area is 122 Å². The van der Waals surface area contributed by atoms with Gasteiger partial charge in [0, 0.05) is 12.2 Å². The van der Waals surface area contributed by atoms with E-state index in [2.05, 4.69) is 50.8 Å². The third-order valence-electron chi connectivity index (χ3n) is 3.71. The van der Waals surface area contributed by atoms with Crippen LogP contribution in [-0.2, 0) is 0 Å². The molecule has 0 fully saturated rings. The van der Waals surface area contributed by atoms with E-state index in [0.29, 0.717) is 0 Å². The summed E-state index contributed by atoms with van der Waals surface area (Å²) >= 11 is 0. The Kier molecular flexibility index (Phi) is 4.67. The first kappa shape index (κ1) is 14.4. The molecule has 0 amide bonds. The molecule has 2 aromatic carbocycles. The van der Waals surface area contributed by atoms with Gasteiger partial charge < -0.3 is 9.64 Å². The second-order valence-electron chi connectivity index (χ2n) is 5.04. The minimum absolute atomic E-state index is 0.00269. The number of para-hydroxylation sites is 1. The van der Waals surface area contributed by atoms with Gasteiger partial charge in [-0.05, 0) is 57.0 Å². The Bertz CT molecular complexity index is 551. The van der Waals surface area contributed by atoms with Crippen molar-refractivity contribution >= 4 is 5.69 Å². The summed E-state index contributed by atoms with van der Waals surface area (Å²) < 4.78 is 6.04. The zero-order chi connectivity index (χ0) is 14.5. The highest BCUT2D eigenvalue weighted by Crippen LogP contribution is 2.25. The molecule has 0 aliphatic rings. The van der Waals surface area contributed by atoms with Crippen LogP contribution in [0.4, 0.5) is 5.69 Å². The summed E-state index contributed by atoms with van der Waals surface area (Å²) in [6, 6.07) is 16.4. The van der Waals surface area contributed by atoms with Crippen LogP contribution in [0.2, 0.25) is 0 Å². The van der Waals surface area contributed by atoms with Gasteiger partial charge in [0.15, 0.2) is 6.23 Å². The number of nitrogens with zero attached hydrogens (tertiary/aromatic N) is 1. The molecule has 1 unspecified atom stereocenters. The van der Waals surface area contributed by atoms with Crippen molar-refractivity contribution in [3.63, 3.8) is 0 Å². The van der Waals surface area contributed by atoms with Crippen LogP contribution in [0.1, 0.15) is 25.0 Å². The van der Waals surface area contributed by atoms with E-state index in [0.717, 1.165) is 12.3 Å². The van der Waals surface area contributed by atoms with Gasteiger partial charge in [-0.1, -0.05) is 30.3 Å². The van der Waals surface area contributed by atoms with Gasteiger partial charge in [0.05, 0.1) is 0 Å². The predicted molar refractivity (Wildman–Crippen MR) is 85.5 cm³/mol. The molecule has 0 spiro atoms. The van der Waals surface area contributed by atoms with Crippen LogP contribution in [-0.4, -0.2) is 12.8 Å². The Balaban J connectivity index is 2.21. The van der Waals surface area contributed by atoms with Crippen molar-refractivity contribution in [2.75, 3.05) is 11.4 Å². The molecule has 0 bridgehead atoms. The minimum Gasteiger partial charge on any atom is -0.471 e. The molecule has 2 aromatic rings. The maximum Gasteiger partial charge on any atom is 0.169 e. The van der Waals surface area contributed by atoms with Crippen LogP contribution in [0.15, 0.2) is 48.5 Å². The fourth-order valence-electron chi connectivity index (χ4n) is 2.43. The number of benzene rings is 2. The first-order valence-electron chi connectivity index (χ1n) is 7.18. The van der Waals surface area contributed by atoms with E-state index in [1.165, 1.54) is 16.8 Å². The second kappa shape index (κ2) is 6.47. The quantitative estimate of drug-likeness (QED) is 0.738. The van der Waals surface area contributed by atoms with Crippen LogP contribution in [0.25, 0.3) is 0 Å². The van der Waals surface area contributed by atoms with Gasteiger partial charge in [0.2, 0.25) is 0 Å². The van der Waals surface area contributed by atoms with E-state index >= 15 is 0 Å². The molecule has 0 saturated heterocycles. The van der Waals surface area contributed by atoms with Crippen molar-refractivity contribution in [3.8, 4) is 5.75 Å². The van der Waals surface area contributed by atoms with Crippen molar-refractivity contribution in [1.82, 2.24) is 0 Å². The topological polar surface area (TPSA) is 12.5 Å². The lowest BCUT2D eigenvalue weighted by Gasteiger charge is -2.32. The largest absolute Gasteiger partial charge is 0.471 e. The normalized spacial score (nSPS) is 12.0. The number of hydrogen-bond donors (Lipinski definition) is 0. The summed E-state index contributed by atoms with van der Waals surface area (Å²) in [6.07, 6.45) is 0.00269. The van der Waals surface area contributed by atoms with Gasteiger partial charge in [0.1, 0.15) is 5.75 Å². The fourth-order valence-corrected chi connectivity index (χ4v) is 2.43. The molecule has 0 heterocycles. The molecule has 0 aliphatic carbocycles. The minimum atomic E-state index is 0.00269. The Morgan fingerprint density at radius 2 is 1.70 bits per heavy atom. The third-order valence-corrected chi connectivity index (χ3v) is 3.71. The van der Waals surface area contributed by atoms with E-state index in [-0.39, 0.29) is 6.23 Å². The van der Waals surface area contributed by atoms with Crippen LogP contribution in [0, 0.1) is 13.8 Å². The predicted octanol–water partition coefficient (Wildman–Crippen LogP) is 4.55. The number of hydrogen-bond acceptors (Lipinski definition) is 2. The molecule has 20 heavy (non-hydrogen) atoms. The fraction of sp³-hybridized carbons (Fsp3) is 0.333. The van der Waals surface area contributed by atoms with Crippen molar-refractivity contribution < 1.29 is 4.74 Å². The highest BCUT2D eigenvalue weighted by Gasteiger charge is 2.16. The highest BCUT2D eigenvalue weighted by molar-refractivity contribution is 5.56. The van der Waals surface area contributed by atoms with Crippen molar-refractivity contribution in [2.24, 2.45) is 0 Å². The molecule has 0 radical (unpaired) electrons. The summed E-state index contributed by atoms with van der Waals surface area (Å²) in [5.74, 6) is 0.906. The number of anilines is 1. The first-order chi connectivity index (χ1) is 9.63. The number of ether oxygens (including phenoxy) is 1. The van der Waals surface area contributed by atoms with E-state index in [9.17, 15) is 0 Å². The highest BCUT2D eigenvalue weighted by atomic mass is 16.5.